The van der Waals surface area contributed by atoms with Gasteiger partial charge >= 0.3 is 5.97 Å². The maximum atomic E-state index is 10.9. The lowest BCUT2D eigenvalue weighted by atomic mass is 10.2. The lowest BCUT2D eigenvalue weighted by Crippen LogP contribution is -2.34. The van der Waals surface area contributed by atoms with Gasteiger partial charge in [0.1, 0.15) is 6.04 Å². The molecule has 68 valence electrons. The molecule has 0 spiro atoms. The Labute approximate surface area is 73.9 Å². The van der Waals surface area contributed by atoms with Crippen molar-refractivity contribution in [2.45, 2.75) is 26.3 Å². The van der Waals surface area contributed by atoms with Crippen LogP contribution in [0.3, 0.4) is 0 Å². The van der Waals surface area contributed by atoms with Gasteiger partial charge in [-0.1, -0.05) is 6.92 Å². The molecule has 1 N–H and O–H groups in total. The number of ether oxygens (including phenoxy) is 1. The van der Waals surface area contributed by atoms with E-state index in [0.29, 0.717) is 6.61 Å². The predicted molar refractivity (Wildman–Crippen MR) is 47.0 cm³/mol. The molecule has 0 heterocycles. The Balaban J connectivity index is 0. The molecule has 0 rings (SSSR count). The molecule has 0 radical (unpaired) electrons. The van der Waals surface area contributed by atoms with Crippen molar-refractivity contribution in [3.8, 4) is 0 Å². The Bertz CT molecular complexity index is 105. The fourth-order valence-corrected chi connectivity index (χ4v) is 0.731. The van der Waals surface area contributed by atoms with Crippen LogP contribution in [0.2, 0.25) is 0 Å². The van der Waals surface area contributed by atoms with Gasteiger partial charge < -0.3 is 10.1 Å². The Hall–Kier alpha value is -0.280. The third kappa shape index (κ3) is 5.04. The van der Waals surface area contributed by atoms with E-state index in [1.165, 1.54) is 0 Å². The molecular formula is C7H16ClNO2. The van der Waals surface area contributed by atoms with Crippen molar-refractivity contribution in [3.63, 3.8) is 0 Å². The number of hydrogen-bond acceptors (Lipinski definition) is 3. The van der Waals surface area contributed by atoms with Crippen LogP contribution in [0.5, 0.6) is 0 Å². The average molecular weight is 182 g/mol. The van der Waals surface area contributed by atoms with E-state index in [0.717, 1.165) is 6.42 Å². The normalized spacial score (nSPS) is 11.5. The third-order valence-corrected chi connectivity index (χ3v) is 1.33. The second-order valence-corrected chi connectivity index (χ2v) is 2.00. The van der Waals surface area contributed by atoms with E-state index in [4.69, 9.17) is 4.74 Å². The molecular weight excluding hydrogens is 166 g/mol. The van der Waals surface area contributed by atoms with E-state index in [-0.39, 0.29) is 24.4 Å². The summed E-state index contributed by atoms with van der Waals surface area (Å²) in [5.41, 5.74) is 0. The second-order valence-electron chi connectivity index (χ2n) is 2.00. The number of hydrogen-bond donors (Lipinski definition) is 1. The van der Waals surface area contributed by atoms with Crippen molar-refractivity contribution in [2.24, 2.45) is 0 Å². The minimum absolute atomic E-state index is 0. The monoisotopic (exact) mass is 181 g/mol. The highest BCUT2D eigenvalue weighted by Gasteiger charge is 2.13. The van der Waals surface area contributed by atoms with Crippen molar-refractivity contribution in [1.29, 1.82) is 0 Å². The summed E-state index contributed by atoms with van der Waals surface area (Å²) in [5, 5.41) is 2.86. The molecule has 0 aliphatic heterocycles. The SMILES string of the molecule is CCOC(=O)[C@H](CC)NC.Cl. The summed E-state index contributed by atoms with van der Waals surface area (Å²) in [6, 6.07) is -0.139. The first-order chi connectivity index (χ1) is 4.76. The van der Waals surface area contributed by atoms with Crippen molar-refractivity contribution >= 4 is 18.4 Å². The summed E-state index contributed by atoms with van der Waals surface area (Å²) in [6.45, 7) is 4.20. The molecule has 0 aromatic heterocycles. The number of nitrogens with one attached hydrogen (secondary N) is 1. The van der Waals surface area contributed by atoms with Crippen LogP contribution in [0.4, 0.5) is 0 Å². The summed E-state index contributed by atoms with van der Waals surface area (Å²) < 4.78 is 4.78. The van der Waals surface area contributed by atoms with E-state index in [1.54, 1.807) is 14.0 Å². The molecule has 0 aromatic carbocycles. The third-order valence-electron chi connectivity index (χ3n) is 1.33. The van der Waals surface area contributed by atoms with Crippen molar-refractivity contribution in [2.75, 3.05) is 13.7 Å². The standard InChI is InChI=1S/C7H15NO2.ClH/c1-4-6(8-3)7(9)10-5-2;/h6,8H,4-5H2,1-3H3;1H/t6-;/m0./s1. The summed E-state index contributed by atoms with van der Waals surface area (Å²) in [5.74, 6) is -0.160. The minimum atomic E-state index is -0.160. The molecule has 0 fully saturated rings. The van der Waals surface area contributed by atoms with E-state index < -0.39 is 0 Å². The number of carbonyl (C=O) groups excluding carboxylic acids is 1. The quantitative estimate of drug-likeness (QED) is 0.657. The van der Waals surface area contributed by atoms with Crippen LogP contribution in [0, 0.1) is 0 Å². The van der Waals surface area contributed by atoms with E-state index in [2.05, 4.69) is 5.32 Å². The van der Waals surface area contributed by atoms with Gasteiger partial charge in [0.25, 0.3) is 0 Å². The van der Waals surface area contributed by atoms with Gasteiger partial charge in [0.15, 0.2) is 0 Å². The van der Waals surface area contributed by atoms with Gasteiger partial charge in [-0.15, -0.1) is 12.4 Å². The zero-order valence-corrected chi connectivity index (χ0v) is 8.03. The van der Waals surface area contributed by atoms with Crippen LogP contribution in [-0.4, -0.2) is 25.7 Å². The van der Waals surface area contributed by atoms with Crippen LogP contribution < -0.4 is 5.32 Å². The molecule has 0 aromatic rings. The molecule has 0 bridgehead atoms. The fourth-order valence-electron chi connectivity index (χ4n) is 0.731. The molecule has 0 saturated heterocycles. The zero-order valence-electron chi connectivity index (χ0n) is 7.22. The summed E-state index contributed by atoms with van der Waals surface area (Å²) in [7, 11) is 1.76. The Kier molecular flexibility index (Phi) is 9.47. The second kappa shape index (κ2) is 7.82. The van der Waals surface area contributed by atoms with Crippen molar-refractivity contribution in [1.82, 2.24) is 5.32 Å². The molecule has 0 aliphatic rings. The van der Waals surface area contributed by atoms with Crippen molar-refractivity contribution < 1.29 is 9.53 Å². The van der Waals surface area contributed by atoms with Gasteiger partial charge in [-0.3, -0.25) is 4.79 Å². The number of carbonyl (C=O) groups is 1. The lowest BCUT2D eigenvalue weighted by Gasteiger charge is -2.11. The average Bonchev–Trinajstić information content (AvgIpc) is 1.91. The highest BCUT2D eigenvalue weighted by Crippen LogP contribution is 1.92. The first kappa shape index (κ1) is 13.3. The van der Waals surface area contributed by atoms with Gasteiger partial charge in [-0.25, -0.2) is 0 Å². The number of likely N-dealkylation sites (N-methyl/N-ethyl adjacent to an activating group) is 1. The lowest BCUT2D eigenvalue weighted by molar-refractivity contribution is -0.145. The number of rotatable bonds is 4. The highest BCUT2D eigenvalue weighted by atomic mass is 35.5. The minimum Gasteiger partial charge on any atom is -0.465 e. The largest absolute Gasteiger partial charge is 0.465 e. The van der Waals surface area contributed by atoms with E-state index in [9.17, 15) is 4.79 Å². The summed E-state index contributed by atoms with van der Waals surface area (Å²) >= 11 is 0. The van der Waals surface area contributed by atoms with Gasteiger partial charge in [0, 0.05) is 0 Å². The zero-order chi connectivity index (χ0) is 7.98. The fraction of sp³-hybridized carbons (Fsp3) is 0.857. The van der Waals surface area contributed by atoms with Crippen LogP contribution in [-0.2, 0) is 9.53 Å². The maximum absolute atomic E-state index is 10.9. The maximum Gasteiger partial charge on any atom is 0.323 e. The molecule has 0 saturated carbocycles. The summed E-state index contributed by atoms with van der Waals surface area (Å²) in [4.78, 5) is 10.9. The Morgan fingerprint density at radius 1 is 1.55 bits per heavy atom. The molecule has 4 heteroatoms. The van der Waals surface area contributed by atoms with Gasteiger partial charge in [-0.05, 0) is 20.4 Å². The van der Waals surface area contributed by atoms with Crippen LogP contribution in [0.1, 0.15) is 20.3 Å². The highest BCUT2D eigenvalue weighted by molar-refractivity contribution is 5.85. The molecule has 3 nitrogen and oxygen atoms in total. The molecule has 0 unspecified atom stereocenters. The Morgan fingerprint density at radius 3 is 2.36 bits per heavy atom. The number of halogens is 1. The molecule has 11 heavy (non-hydrogen) atoms. The molecule has 0 aliphatic carbocycles. The van der Waals surface area contributed by atoms with E-state index in [1.807, 2.05) is 6.92 Å². The van der Waals surface area contributed by atoms with Gasteiger partial charge in [-0.2, -0.15) is 0 Å². The van der Waals surface area contributed by atoms with Gasteiger partial charge in [0.05, 0.1) is 6.61 Å². The first-order valence-corrected chi connectivity index (χ1v) is 3.60. The number of esters is 1. The first-order valence-electron chi connectivity index (χ1n) is 3.60. The van der Waals surface area contributed by atoms with Crippen molar-refractivity contribution in [3.05, 3.63) is 0 Å². The Morgan fingerprint density at radius 2 is 2.09 bits per heavy atom. The predicted octanol–water partition coefficient (Wildman–Crippen LogP) is 0.969. The van der Waals surface area contributed by atoms with Crippen LogP contribution >= 0.6 is 12.4 Å². The van der Waals surface area contributed by atoms with Crippen LogP contribution in [0.25, 0.3) is 0 Å². The molecule has 1 atom stereocenters. The summed E-state index contributed by atoms with van der Waals surface area (Å²) in [6.07, 6.45) is 0.773. The topological polar surface area (TPSA) is 38.3 Å². The van der Waals surface area contributed by atoms with Crippen LogP contribution in [0.15, 0.2) is 0 Å². The van der Waals surface area contributed by atoms with Gasteiger partial charge in [0.2, 0.25) is 0 Å². The smallest absolute Gasteiger partial charge is 0.323 e. The van der Waals surface area contributed by atoms with E-state index >= 15 is 0 Å². The molecule has 0 amide bonds.